The van der Waals surface area contributed by atoms with Crippen LogP contribution in [0.4, 0.5) is 5.69 Å². The Morgan fingerprint density at radius 3 is 2.60 bits per heavy atom. The van der Waals surface area contributed by atoms with Crippen molar-refractivity contribution >= 4 is 28.5 Å². The molecule has 3 rings (SSSR count). The molecule has 0 radical (unpaired) electrons. The lowest BCUT2D eigenvalue weighted by Crippen LogP contribution is -2.44. The second kappa shape index (κ2) is 7.39. The first-order valence-corrected chi connectivity index (χ1v) is 7.62. The van der Waals surface area contributed by atoms with E-state index in [4.69, 9.17) is 9.15 Å². The van der Waals surface area contributed by atoms with Crippen LogP contribution >= 0.6 is 0 Å². The molecule has 25 heavy (non-hydrogen) atoms. The summed E-state index contributed by atoms with van der Waals surface area (Å²) in [5, 5.41) is 3.75. The quantitative estimate of drug-likeness (QED) is 0.620. The van der Waals surface area contributed by atoms with Crippen molar-refractivity contribution in [3.8, 4) is 5.75 Å². The van der Waals surface area contributed by atoms with Crippen LogP contribution in [0.3, 0.4) is 0 Å². The lowest BCUT2D eigenvalue weighted by molar-refractivity contribution is -0.120. The highest BCUT2D eigenvalue weighted by molar-refractivity contribution is 5.97. The number of anilines is 1. The third-order valence-electron chi connectivity index (χ3n) is 3.51. The van der Waals surface area contributed by atoms with Gasteiger partial charge in [-0.25, -0.2) is 0 Å². The van der Waals surface area contributed by atoms with E-state index >= 15 is 0 Å². The molecule has 0 aliphatic carbocycles. The molecule has 0 unspecified atom stereocenters. The van der Waals surface area contributed by atoms with E-state index in [1.165, 1.54) is 0 Å². The van der Waals surface area contributed by atoms with Crippen molar-refractivity contribution in [1.29, 1.82) is 0 Å². The van der Waals surface area contributed by atoms with E-state index in [-0.39, 0.29) is 12.3 Å². The molecule has 0 spiro atoms. The van der Waals surface area contributed by atoms with Crippen LogP contribution in [0, 0.1) is 0 Å². The smallest absolute Gasteiger partial charge is 0.305 e. The Labute approximate surface area is 143 Å². The Kier molecular flexibility index (Phi) is 4.84. The molecule has 0 aliphatic heterocycles. The Balaban J connectivity index is 1.52. The summed E-state index contributed by atoms with van der Waals surface area (Å²) in [5.41, 5.74) is 5.94. The molecule has 3 N–H and O–H groups in total. The number of hydrogen-bond acceptors (Lipinski definition) is 5. The Morgan fingerprint density at radius 1 is 1.04 bits per heavy atom. The number of rotatable bonds is 5. The summed E-state index contributed by atoms with van der Waals surface area (Å²) in [6, 6.07) is 16.1. The number of carbonyl (C=O) groups is 2. The van der Waals surface area contributed by atoms with Crippen LogP contribution in [0.2, 0.25) is 0 Å². The first-order chi connectivity index (χ1) is 12.2. The average molecular weight is 339 g/mol. The zero-order valence-corrected chi connectivity index (χ0v) is 13.5. The molecule has 1 aromatic heterocycles. The fourth-order valence-electron chi connectivity index (χ4n) is 2.29. The maximum Gasteiger partial charge on any atom is 0.305 e. The van der Waals surface area contributed by atoms with Crippen molar-refractivity contribution in [3.63, 3.8) is 0 Å². The van der Waals surface area contributed by atoms with Gasteiger partial charge in [0.25, 0.3) is 5.91 Å². The number of fused-ring (bicyclic) bond motifs is 1. The highest BCUT2D eigenvalue weighted by atomic mass is 16.5. The predicted octanol–water partition coefficient (Wildman–Crippen LogP) is 2.31. The van der Waals surface area contributed by atoms with Crippen molar-refractivity contribution in [2.45, 2.75) is 0 Å². The first kappa shape index (κ1) is 16.4. The van der Waals surface area contributed by atoms with E-state index < -0.39 is 11.8 Å². The highest BCUT2D eigenvalue weighted by Crippen LogP contribution is 2.22. The first-order valence-electron chi connectivity index (χ1n) is 7.62. The van der Waals surface area contributed by atoms with Crippen LogP contribution in [0.5, 0.6) is 5.75 Å². The summed E-state index contributed by atoms with van der Waals surface area (Å²) in [5.74, 6) is -0.182. The average Bonchev–Trinajstić information content (AvgIpc) is 3.09. The summed E-state index contributed by atoms with van der Waals surface area (Å²) in [4.78, 5) is 23.9. The van der Waals surface area contributed by atoms with E-state index in [1.54, 1.807) is 31.4 Å². The molecule has 1 heterocycles. The molecule has 2 aromatic carbocycles. The largest absolute Gasteiger partial charge is 0.495 e. The van der Waals surface area contributed by atoms with Crippen molar-refractivity contribution in [1.82, 2.24) is 10.9 Å². The van der Waals surface area contributed by atoms with Gasteiger partial charge in [-0.2, -0.15) is 0 Å². The zero-order valence-electron chi connectivity index (χ0n) is 13.5. The molecule has 0 saturated carbocycles. The van der Waals surface area contributed by atoms with Gasteiger partial charge in [-0.15, -0.1) is 0 Å². The summed E-state index contributed by atoms with van der Waals surface area (Å²) >= 11 is 0. The van der Waals surface area contributed by atoms with E-state index in [2.05, 4.69) is 16.2 Å². The number of carbonyl (C=O) groups excluding carboxylic acids is 2. The van der Waals surface area contributed by atoms with E-state index in [1.807, 2.05) is 30.3 Å². The van der Waals surface area contributed by atoms with Crippen LogP contribution in [0.15, 0.2) is 59.0 Å². The van der Waals surface area contributed by atoms with Gasteiger partial charge in [0.2, 0.25) is 0 Å². The van der Waals surface area contributed by atoms with Gasteiger partial charge in [0.05, 0.1) is 19.3 Å². The molecular weight excluding hydrogens is 322 g/mol. The molecule has 2 amide bonds. The number of benzene rings is 2. The van der Waals surface area contributed by atoms with Gasteiger partial charge in [0.15, 0.2) is 5.76 Å². The molecular formula is C18H17N3O4. The second-order valence-corrected chi connectivity index (χ2v) is 5.20. The number of para-hydroxylation sites is 3. The van der Waals surface area contributed by atoms with Gasteiger partial charge >= 0.3 is 5.91 Å². The van der Waals surface area contributed by atoms with Crippen molar-refractivity contribution in [2.24, 2.45) is 0 Å². The van der Waals surface area contributed by atoms with Gasteiger partial charge in [0, 0.05) is 5.39 Å². The topological polar surface area (TPSA) is 92.6 Å². The number of furan rings is 1. The van der Waals surface area contributed by atoms with Gasteiger partial charge in [-0.05, 0) is 24.3 Å². The molecule has 0 bridgehead atoms. The summed E-state index contributed by atoms with van der Waals surface area (Å²) in [6.45, 7) is -0.0270. The fraction of sp³-hybridized carbons (Fsp3) is 0.111. The standard InChI is InChI=1S/C18H17N3O4/c1-24-15-9-5-3-7-13(15)19-11-17(22)20-21-18(23)16-10-12-6-2-4-8-14(12)25-16/h2-10,19H,11H2,1H3,(H,20,22)(H,21,23). The molecule has 0 aliphatic rings. The van der Waals surface area contributed by atoms with Crippen molar-refractivity contribution in [2.75, 3.05) is 19.0 Å². The SMILES string of the molecule is COc1ccccc1NCC(=O)NNC(=O)c1cc2ccccc2o1. The van der Waals surface area contributed by atoms with E-state index in [0.717, 1.165) is 5.39 Å². The van der Waals surface area contributed by atoms with E-state index in [0.29, 0.717) is 17.0 Å². The second-order valence-electron chi connectivity index (χ2n) is 5.20. The van der Waals surface area contributed by atoms with Gasteiger partial charge < -0.3 is 14.5 Å². The maximum absolute atomic E-state index is 12.0. The normalized spacial score (nSPS) is 10.3. The lowest BCUT2D eigenvalue weighted by Gasteiger charge is -2.11. The summed E-state index contributed by atoms with van der Waals surface area (Å²) < 4.78 is 10.6. The Morgan fingerprint density at radius 2 is 1.80 bits per heavy atom. The summed E-state index contributed by atoms with van der Waals surface area (Å²) in [7, 11) is 1.55. The number of methoxy groups -OCH3 is 1. The minimum atomic E-state index is -0.526. The van der Waals surface area contributed by atoms with Crippen LogP contribution < -0.4 is 20.9 Å². The molecule has 0 saturated heterocycles. The van der Waals surface area contributed by atoms with Gasteiger partial charge in [0.1, 0.15) is 11.3 Å². The zero-order chi connectivity index (χ0) is 17.6. The maximum atomic E-state index is 12.0. The predicted molar refractivity (Wildman–Crippen MR) is 93.3 cm³/mol. The van der Waals surface area contributed by atoms with Crippen LogP contribution in [-0.2, 0) is 4.79 Å². The Bertz CT molecular complexity index is 871. The molecule has 128 valence electrons. The van der Waals surface area contributed by atoms with Crippen LogP contribution in [-0.4, -0.2) is 25.5 Å². The number of amides is 2. The fourth-order valence-corrected chi connectivity index (χ4v) is 2.29. The van der Waals surface area contributed by atoms with Gasteiger partial charge in [-0.3, -0.25) is 20.4 Å². The lowest BCUT2D eigenvalue weighted by atomic mass is 10.2. The van der Waals surface area contributed by atoms with E-state index in [9.17, 15) is 9.59 Å². The third kappa shape index (κ3) is 3.89. The molecule has 7 nitrogen and oxygen atoms in total. The number of nitrogens with one attached hydrogen (secondary N) is 3. The number of hydrazine groups is 1. The summed E-state index contributed by atoms with van der Waals surface area (Å²) in [6.07, 6.45) is 0. The molecule has 0 fully saturated rings. The van der Waals surface area contributed by atoms with Crippen molar-refractivity contribution < 1.29 is 18.7 Å². The Hall–Kier alpha value is -3.48. The highest BCUT2D eigenvalue weighted by Gasteiger charge is 2.13. The minimum Gasteiger partial charge on any atom is -0.495 e. The molecule has 0 atom stereocenters. The monoisotopic (exact) mass is 339 g/mol. The van der Waals surface area contributed by atoms with Crippen molar-refractivity contribution in [3.05, 3.63) is 60.4 Å². The molecule has 7 heteroatoms. The van der Waals surface area contributed by atoms with Crippen LogP contribution in [0.25, 0.3) is 11.0 Å². The molecule has 3 aromatic rings. The number of hydrogen-bond donors (Lipinski definition) is 3. The third-order valence-corrected chi connectivity index (χ3v) is 3.51. The number of ether oxygens (including phenoxy) is 1. The minimum absolute atomic E-state index is 0.0270. The van der Waals surface area contributed by atoms with Crippen LogP contribution in [0.1, 0.15) is 10.6 Å². The van der Waals surface area contributed by atoms with Gasteiger partial charge in [-0.1, -0.05) is 30.3 Å².